The minimum Gasteiger partial charge on any atom is -0.480 e. The number of carbonyl (C=O) groups excluding carboxylic acids is 3. The second-order valence-corrected chi connectivity index (χ2v) is 6.79. The van der Waals surface area contributed by atoms with Crippen molar-refractivity contribution >= 4 is 23.7 Å². The van der Waals surface area contributed by atoms with Crippen molar-refractivity contribution in [2.75, 3.05) is 13.2 Å². The smallest absolute Gasteiger partial charge is 0.328 e. The zero-order chi connectivity index (χ0) is 22.0. The highest BCUT2D eigenvalue weighted by molar-refractivity contribution is 5.94. The van der Waals surface area contributed by atoms with Gasteiger partial charge in [0, 0.05) is 0 Å². The van der Waals surface area contributed by atoms with Crippen LogP contribution in [0.3, 0.4) is 0 Å². The molecule has 0 fully saturated rings. The molecule has 0 aromatic rings. The molecule has 0 aliphatic heterocycles. The van der Waals surface area contributed by atoms with Crippen LogP contribution in [0, 0.1) is 5.92 Å². The maximum Gasteiger partial charge on any atom is 0.328 e. The van der Waals surface area contributed by atoms with E-state index in [1.807, 2.05) is 5.32 Å². The summed E-state index contributed by atoms with van der Waals surface area (Å²) in [5, 5.41) is 43.2. The van der Waals surface area contributed by atoms with Gasteiger partial charge in [-0.2, -0.15) is 0 Å². The lowest BCUT2D eigenvalue weighted by atomic mass is 10.0. The highest BCUT2D eigenvalue weighted by atomic mass is 16.4. The van der Waals surface area contributed by atoms with Crippen molar-refractivity contribution in [1.29, 1.82) is 0 Å². The number of aliphatic carboxylic acids is 1. The number of hydrogen-bond donors (Lipinski definition) is 8. The standard InChI is InChI=1S/C16H30N4O8/c1-7(2)4-10(18-13(24)9(17)5-21)14(25)20-12(8(3)23)15(26)19-11(6-22)16(27)28/h7-12,21-23H,4-6,17H2,1-3H3,(H,18,24)(H,19,26)(H,20,25)(H,27,28). The lowest BCUT2D eigenvalue weighted by molar-refractivity contribution is -0.144. The summed E-state index contributed by atoms with van der Waals surface area (Å²) in [5.74, 6) is -4.12. The molecule has 12 nitrogen and oxygen atoms in total. The Kier molecular flexibility index (Phi) is 11.2. The highest BCUT2D eigenvalue weighted by Crippen LogP contribution is 2.07. The van der Waals surface area contributed by atoms with Crippen LogP contribution in [0.2, 0.25) is 0 Å². The summed E-state index contributed by atoms with van der Waals surface area (Å²) in [6, 6.07) is -5.48. The number of rotatable bonds is 12. The van der Waals surface area contributed by atoms with E-state index in [1.165, 1.54) is 6.92 Å². The number of nitrogens with one attached hydrogen (secondary N) is 3. The molecule has 162 valence electrons. The van der Waals surface area contributed by atoms with Crippen LogP contribution in [0.15, 0.2) is 0 Å². The van der Waals surface area contributed by atoms with Crippen LogP contribution in [-0.2, 0) is 19.2 Å². The van der Waals surface area contributed by atoms with E-state index in [4.69, 9.17) is 21.1 Å². The number of aliphatic hydroxyl groups excluding tert-OH is 3. The van der Waals surface area contributed by atoms with Crippen molar-refractivity contribution in [3.8, 4) is 0 Å². The van der Waals surface area contributed by atoms with Gasteiger partial charge in [-0.25, -0.2) is 4.79 Å². The summed E-state index contributed by atoms with van der Waals surface area (Å²) in [5.41, 5.74) is 5.41. The lowest BCUT2D eigenvalue weighted by Crippen LogP contribution is -2.60. The van der Waals surface area contributed by atoms with E-state index >= 15 is 0 Å². The summed E-state index contributed by atoms with van der Waals surface area (Å²) in [6.45, 7) is 3.27. The SMILES string of the molecule is CC(C)CC(NC(=O)C(N)CO)C(=O)NC(C(=O)NC(CO)C(=O)O)C(C)O. The minimum atomic E-state index is -1.61. The normalized spacial score (nSPS) is 16.4. The van der Waals surface area contributed by atoms with E-state index in [0.29, 0.717) is 0 Å². The molecule has 0 aliphatic rings. The Morgan fingerprint density at radius 1 is 0.857 bits per heavy atom. The van der Waals surface area contributed by atoms with Gasteiger partial charge in [0.2, 0.25) is 17.7 Å². The number of aliphatic hydroxyl groups is 3. The summed E-state index contributed by atoms with van der Waals surface area (Å²) in [6.07, 6.45) is -1.22. The molecule has 5 unspecified atom stereocenters. The van der Waals surface area contributed by atoms with Crippen LogP contribution < -0.4 is 21.7 Å². The molecule has 0 rings (SSSR count). The second kappa shape index (κ2) is 12.2. The van der Waals surface area contributed by atoms with Crippen LogP contribution >= 0.6 is 0 Å². The average molecular weight is 406 g/mol. The number of carboxylic acid groups (broad SMARTS) is 1. The van der Waals surface area contributed by atoms with Gasteiger partial charge in [0.1, 0.15) is 24.2 Å². The molecule has 12 heteroatoms. The molecule has 0 saturated heterocycles. The number of carbonyl (C=O) groups is 4. The number of carboxylic acids is 1. The Morgan fingerprint density at radius 2 is 1.39 bits per heavy atom. The Bertz CT molecular complexity index is 555. The van der Waals surface area contributed by atoms with Crippen molar-refractivity contribution in [1.82, 2.24) is 16.0 Å². The van der Waals surface area contributed by atoms with Crippen molar-refractivity contribution < 1.29 is 39.6 Å². The molecule has 9 N–H and O–H groups in total. The van der Waals surface area contributed by atoms with Gasteiger partial charge >= 0.3 is 5.97 Å². The van der Waals surface area contributed by atoms with E-state index in [0.717, 1.165) is 0 Å². The van der Waals surface area contributed by atoms with Gasteiger partial charge in [-0.1, -0.05) is 13.8 Å². The number of nitrogens with two attached hydrogens (primary N) is 1. The Hall–Kier alpha value is -2.28. The fourth-order valence-electron chi connectivity index (χ4n) is 2.17. The first-order valence-electron chi connectivity index (χ1n) is 8.73. The van der Waals surface area contributed by atoms with Crippen molar-refractivity contribution in [2.24, 2.45) is 11.7 Å². The zero-order valence-corrected chi connectivity index (χ0v) is 16.1. The number of hydrogen-bond acceptors (Lipinski definition) is 8. The first kappa shape index (κ1) is 25.7. The van der Waals surface area contributed by atoms with Gasteiger partial charge in [-0.05, 0) is 19.3 Å². The molecule has 0 spiro atoms. The minimum absolute atomic E-state index is 0.0361. The first-order chi connectivity index (χ1) is 12.9. The summed E-state index contributed by atoms with van der Waals surface area (Å²) in [7, 11) is 0. The van der Waals surface area contributed by atoms with E-state index < -0.39 is 67.2 Å². The molecule has 3 amide bonds. The summed E-state index contributed by atoms with van der Waals surface area (Å²) >= 11 is 0. The zero-order valence-electron chi connectivity index (χ0n) is 16.1. The second-order valence-electron chi connectivity index (χ2n) is 6.79. The van der Waals surface area contributed by atoms with Gasteiger partial charge in [0.05, 0.1) is 19.3 Å². The predicted molar refractivity (Wildman–Crippen MR) is 96.7 cm³/mol. The first-order valence-corrected chi connectivity index (χ1v) is 8.73. The van der Waals surface area contributed by atoms with Crippen LogP contribution in [-0.4, -0.2) is 87.6 Å². The van der Waals surface area contributed by atoms with Gasteiger partial charge in [0.15, 0.2) is 0 Å². The van der Waals surface area contributed by atoms with Crippen LogP contribution in [0.25, 0.3) is 0 Å². The maximum atomic E-state index is 12.5. The fourth-order valence-corrected chi connectivity index (χ4v) is 2.17. The molecule has 0 heterocycles. The van der Waals surface area contributed by atoms with Crippen molar-refractivity contribution in [2.45, 2.75) is 57.5 Å². The number of amides is 3. The molecule has 0 bridgehead atoms. The summed E-state index contributed by atoms with van der Waals surface area (Å²) in [4.78, 5) is 47.6. The van der Waals surface area contributed by atoms with Crippen molar-refractivity contribution in [3.05, 3.63) is 0 Å². The van der Waals surface area contributed by atoms with Crippen LogP contribution in [0.4, 0.5) is 0 Å². The quantitative estimate of drug-likeness (QED) is 0.160. The fraction of sp³-hybridized carbons (Fsp3) is 0.750. The van der Waals surface area contributed by atoms with Gasteiger partial charge < -0.3 is 42.1 Å². The Labute approximate surface area is 162 Å². The van der Waals surface area contributed by atoms with Crippen LogP contribution in [0.1, 0.15) is 27.2 Å². The third-order valence-corrected chi connectivity index (χ3v) is 3.73. The van der Waals surface area contributed by atoms with Crippen molar-refractivity contribution in [3.63, 3.8) is 0 Å². The van der Waals surface area contributed by atoms with Gasteiger partial charge in [0.25, 0.3) is 0 Å². The van der Waals surface area contributed by atoms with Crippen LogP contribution in [0.5, 0.6) is 0 Å². The molecular weight excluding hydrogens is 376 g/mol. The third-order valence-electron chi connectivity index (χ3n) is 3.73. The Balaban J connectivity index is 5.30. The van der Waals surface area contributed by atoms with E-state index in [9.17, 15) is 24.3 Å². The molecule has 0 aromatic heterocycles. The highest BCUT2D eigenvalue weighted by Gasteiger charge is 2.32. The third kappa shape index (κ3) is 8.61. The molecular formula is C16H30N4O8. The van der Waals surface area contributed by atoms with E-state index in [2.05, 4.69) is 10.6 Å². The predicted octanol–water partition coefficient (Wildman–Crippen LogP) is -3.74. The molecule has 28 heavy (non-hydrogen) atoms. The van der Waals surface area contributed by atoms with Gasteiger partial charge in [-0.3, -0.25) is 14.4 Å². The molecule has 0 radical (unpaired) electrons. The van der Waals surface area contributed by atoms with Gasteiger partial charge in [-0.15, -0.1) is 0 Å². The molecule has 5 atom stereocenters. The topological polar surface area (TPSA) is 211 Å². The monoisotopic (exact) mass is 406 g/mol. The lowest BCUT2D eigenvalue weighted by Gasteiger charge is -2.26. The molecule has 0 aliphatic carbocycles. The summed E-state index contributed by atoms with van der Waals surface area (Å²) < 4.78 is 0. The molecule has 0 aromatic carbocycles. The Morgan fingerprint density at radius 3 is 1.79 bits per heavy atom. The largest absolute Gasteiger partial charge is 0.480 e. The maximum absolute atomic E-state index is 12.5. The van der Waals surface area contributed by atoms with E-state index in [-0.39, 0.29) is 12.3 Å². The average Bonchev–Trinajstić information content (AvgIpc) is 2.61. The molecule has 0 saturated carbocycles. The van der Waals surface area contributed by atoms with E-state index in [1.54, 1.807) is 13.8 Å².